The first kappa shape index (κ1) is 15.7. The van der Waals surface area contributed by atoms with Gasteiger partial charge in [-0.3, -0.25) is 0 Å². The van der Waals surface area contributed by atoms with E-state index in [2.05, 4.69) is 10.6 Å². The van der Waals surface area contributed by atoms with Crippen LogP contribution < -0.4 is 21.1 Å². The van der Waals surface area contributed by atoms with Gasteiger partial charge in [0.15, 0.2) is 0 Å². The number of methoxy groups -OCH3 is 1. The lowest BCUT2D eigenvalue weighted by molar-refractivity contribution is 0.0984. The Morgan fingerprint density at radius 3 is 2.50 bits per heavy atom. The van der Waals surface area contributed by atoms with Crippen LogP contribution in [0.25, 0.3) is 0 Å². The molecule has 0 fully saturated rings. The number of rotatable bonds is 5. The van der Waals surface area contributed by atoms with E-state index in [0.717, 1.165) is 0 Å². The minimum atomic E-state index is -0.391. The molecule has 116 valence electrons. The van der Waals surface area contributed by atoms with Crippen LogP contribution >= 0.6 is 0 Å². The molecule has 2 rings (SSSR count). The standard InChI is InChI=1S/C16H19N3O3/c1-11(21-2)18-16(20)19-15-9-8-13(10-14(15)17)22-12-6-4-3-5-7-12/h3-11H,17H2,1-2H3,(H2,18,19,20). The molecule has 4 N–H and O–H groups in total. The quantitative estimate of drug-likeness (QED) is 0.585. The van der Waals surface area contributed by atoms with E-state index in [4.69, 9.17) is 15.2 Å². The lowest BCUT2D eigenvalue weighted by Gasteiger charge is -2.14. The second-order valence-electron chi connectivity index (χ2n) is 4.64. The molecule has 0 spiro atoms. The number of nitrogen functional groups attached to an aromatic ring is 1. The van der Waals surface area contributed by atoms with Crippen molar-refractivity contribution in [1.82, 2.24) is 5.32 Å². The van der Waals surface area contributed by atoms with Gasteiger partial charge in [0.2, 0.25) is 0 Å². The highest BCUT2D eigenvalue weighted by atomic mass is 16.5. The van der Waals surface area contributed by atoms with Crippen LogP contribution in [0.1, 0.15) is 6.92 Å². The van der Waals surface area contributed by atoms with Gasteiger partial charge in [-0.15, -0.1) is 0 Å². The molecular formula is C16H19N3O3. The SMILES string of the molecule is COC(C)NC(=O)Nc1ccc(Oc2ccccc2)cc1N. The summed E-state index contributed by atoms with van der Waals surface area (Å²) in [7, 11) is 1.51. The fourth-order valence-electron chi connectivity index (χ4n) is 1.74. The van der Waals surface area contributed by atoms with Gasteiger partial charge in [0, 0.05) is 13.2 Å². The molecule has 1 atom stereocenters. The molecule has 0 aliphatic heterocycles. The summed E-state index contributed by atoms with van der Waals surface area (Å²) in [5, 5.41) is 5.26. The van der Waals surface area contributed by atoms with Crippen LogP contribution in [0.4, 0.5) is 16.2 Å². The maximum atomic E-state index is 11.7. The Labute approximate surface area is 129 Å². The van der Waals surface area contributed by atoms with Crippen LogP contribution in [0.5, 0.6) is 11.5 Å². The van der Waals surface area contributed by atoms with Crippen LogP contribution in [-0.4, -0.2) is 19.4 Å². The van der Waals surface area contributed by atoms with E-state index in [9.17, 15) is 4.79 Å². The van der Waals surface area contributed by atoms with Gasteiger partial charge in [-0.05, 0) is 31.2 Å². The molecule has 0 aromatic heterocycles. The molecule has 0 saturated heterocycles. The van der Waals surface area contributed by atoms with Crippen LogP contribution in [0.2, 0.25) is 0 Å². The van der Waals surface area contributed by atoms with Crippen molar-refractivity contribution >= 4 is 17.4 Å². The maximum Gasteiger partial charge on any atom is 0.321 e. The highest BCUT2D eigenvalue weighted by Crippen LogP contribution is 2.27. The Bertz CT molecular complexity index is 632. The zero-order valence-corrected chi connectivity index (χ0v) is 12.5. The predicted molar refractivity (Wildman–Crippen MR) is 86.0 cm³/mol. The van der Waals surface area contributed by atoms with Crippen molar-refractivity contribution in [1.29, 1.82) is 0 Å². The van der Waals surface area contributed by atoms with Gasteiger partial charge >= 0.3 is 6.03 Å². The molecule has 0 saturated carbocycles. The summed E-state index contributed by atoms with van der Waals surface area (Å²) in [5.41, 5.74) is 6.84. The first-order chi connectivity index (χ1) is 10.6. The monoisotopic (exact) mass is 301 g/mol. The zero-order chi connectivity index (χ0) is 15.9. The number of hydrogen-bond acceptors (Lipinski definition) is 4. The van der Waals surface area contributed by atoms with Crippen molar-refractivity contribution in [3.63, 3.8) is 0 Å². The third-order valence-corrected chi connectivity index (χ3v) is 2.94. The number of anilines is 2. The molecule has 0 aliphatic rings. The highest BCUT2D eigenvalue weighted by molar-refractivity contribution is 5.92. The van der Waals surface area contributed by atoms with Crippen LogP contribution in [0.15, 0.2) is 48.5 Å². The van der Waals surface area contributed by atoms with E-state index >= 15 is 0 Å². The summed E-state index contributed by atoms with van der Waals surface area (Å²) in [6.07, 6.45) is -0.387. The number of para-hydroxylation sites is 1. The Kier molecular flexibility index (Phi) is 5.21. The molecule has 2 aromatic carbocycles. The van der Waals surface area contributed by atoms with Gasteiger partial charge in [-0.2, -0.15) is 0 Å². The van der Waals surface area contributed by atoms with E-state index < -0.39 is 6.03 Å². The fourth-order valence-corrected chi connectivity index (χ4v) is 1.74. The van der Waals surface area contributed by atoms with Gasteiger partial charge in [0.1, 0.15) is 17.7 Å². The number of ether oxygens (including phenoxy) is 2. The van der Waals surface area contributed by atoms with Crippen molar-refractivity contribution in [3.8, 4) is 11.5 Å². The molecule has 0 radical (unpaired) electrons. The number of nitrogens with one attached hydrogen (secondary N) is 2. The number of urea groups is 1. The molecule has 0 heterocycles. The van der Waals surface area contributed by atoms with E-state index in [-0.39, 0.29) is 6.23 Å². The summed E-state index contributed by atoms with van der Waals surface area (Å²) < 4.78 is 10.6. The number of hydrogen-bond donors (Lipinski definition) is 3. The summed E-state index contributed by atoms with van der Waals surface area (Å²) >= 11 is 0. The highest BCUT2D eigenvalue weighted by Gasteiger charge is 2.09. The van der Waals surface area contributed by atoms with Gasteiger partial charge in [0.05, 0.1) is 11.4 Å². The molecule has 22 heavy (non-hydrogen) atoms. The van der Waals surface area contributed by atoms with Crippen molar-refractivity contribution < 1.29 is 14.3 Å². The van der Waals surface area contributed by atoms with E-state index in [0.29, 0.717) is 22.9 Å². The average molecular weight is 301 g/mol. The third kappa shape index (κ3) is 4.39. The van der Waals surface area contributed by atoms with Gasteiger partial charge in [-0.1, -0.05) is 18.2 Å². The summed E-state index contributed by atoms with van der Waals surface area (Å²) in [6, 6.07) is 14.1. The maximum absolute atomic E-state index is 11.7. The van der Waals surface area contributed by atoms with Gasteiger partial charge < -0.3 is 25.8 Å². The van der Waals surface area contributed by atoms with Crippen molar-refractivity contribution in [2.24, 2.45) is 0 Å². The Morgan fingerprint density at radius 1 is 1.14 bits per heavy atom. The first-order valence-electron chi connectivity index (χ1n) is 6.81. The number of benzene rings is 2. The fraction of sp³-hybridized carbons (Fsp3) is 0.188. The second kappa shape index (κ2) is 7.33. The van der Waals surface area contributed by atoms with Crippen LogP contribution in [0.3, 0.4) is 0 Å². The first-order valence-corrected chi connectivity index (χ1v) is 6.81. The van der Waals surface area contributed by atoms with Crippen molar-refractivity contribution in [2.75, 3.05) is 18.2 Å². The summed E-state index contributed by atoms with van der Waals surface area (Å²) in [4.78, 5) is 11.7. The van der Waals surface area contributed by atoms with Crippen LogP contribution in [0, 0.1) is 0 Å². The third-order valence-electron chi connectivity index (χ3n) is 2.94. The zero-order valence-electron chi connectivity index (χ0n) is 12.5. The van der Waals surface area contributed by atoms with E-state index in [1.54, 1.807) is 25.1 Å². The summed E-state index contributed by atoms with van der Waals surface area (Å²) in [6.45, 7) is 1.72. The molecule has 6 heteroatoms. The van der Waals surface area contributed by atoms with E-state index in [1.807, 2.05) is 30.3 Å². The topological polar surface area (TPSA) is 85.6 Å². The van der Waals surface area contributed by atoms with Crippen LogP contribution in [-0.2, 0) is 4.74 Å². The van der Waals surface area contributed by atoms with Gasteiger partial charge in [0.25, 0.3) is 0 Å². The average Bonchev–Trinajstić information content (AvgIpc) is 2.51. The minimum absolute atomic E-state index is 0.387. The largest absolute Gasteiger partial charge is 0.457 e. The minimum Gasteiger partial charge on any atom is -0.457 e. The number of amides is 2. The van der Waals surface area contributed by atoms with E-state index in [1.165, 1.54) is 7.11 Å². The molecule has 2 aromatic rings. The number of nitrogens with two attached hydrogens (primary N) is 1. The van der Waals surface area contributed by atoms with Crippen molar-refractivity contribution in [2.45, 2.75) is 13.2 Å². The molecule has 6 nitrogen and oxygen atoms in total. The Balaban J connectivity index is 2.02. The second-order valence-corrected chi connectivity index (χ2v) is 4.64. The predicted octanol–water partition coefficient (Wildman–Crippen LogP) is 3.18. The normalized spacial score (nSPS) is 11.5. The smallest absolute Gasteiger partial charge is 0.321 e. The summed E-state index contributed by atoms with van der Waals surface area (Å²) in [5.74, 6) is 1.31. The van der Waals surface area contributed by atoms with Crippen molar-refractivity contribution in [3.05, 3.63) is 48.5 Å². The molecule has 0 aliphatic carbocycles. The lowest BCUT2D eigenvalue weighted by atomic mass is 10.2. The molecule has 1 unspecified atom stereocenters. The number of carbonyl (C=O) groups excluding carboxylic acids is 1. The molecule has 0 bridgehead atoms. The Morgan fingerprint density at radius 2 is 1.86 bits per heavy atom. The Hall–Kier alpha value is -2.73. The number of carbonyl (C=O) groups is 1. The molecular weight excluding hydrogens is 282 g/mol. The lowest BCUT2D eigenvalue weighted by Crippen LogP contribution is -2.37. The molecule has 2 amide bonds. The van der Waals surface area contributed by atoms with Gasteiger partial charge in [-0.25, -0.2) is 4.79 Å².